The van der Waals surface area contributed by atoms with Gasteiger partial charge in [0.25, 0.3) is 0 Å². The Morgan fingerprint density at radius 2 is 1.64 bits per heavy atom. The second kappa shape index (κ2) is 8.02. The Morgan fingerprint density at radius 3 is 2.09 bits per heavy atom. The first-order valence-corrected chi connectivity index (χ1v) is 6.08. The van der Waals surface area contributed by atoms with Crippen molar-refractivity contribution in [3.63, 3.8) is 0 Å². The van der Waals surface area contributed by atoms with Crippen LogP contribution in [0.15, 0.2) is 0 Å². The Balaban J connectivity index is 3.27. The molecule has 0 nitrogen and oxygen atoms in total. The monoisotopic (exact) mass is 228 g/mol. The summed E-state index contributed by atoms with van der Waals surface area (Å²) in [6, 6.07) is 0. The lowest BCUT2D eigenvalue weighted by atomic mass is 10.1. The third-order valence-electron chi connectivity index (χ3n) is 1.45. The van der Waals surface area contributed by atoms with Gasteiger partial charge in [-0.1, -0.05) is 0 Å². The van der Waals surface area contributed by atoms with E-state index in [1.165, 1.54) is 0 Å². The highest BCUT2D eigenvalue weighted by molar-refractivity contribution is 7.84. The zero-order chi connectivity index (χ0) is 8.69. The summed E-state index contributed by atoms with van der Waals surface area (Å²) in [4.78, 5) is 0. The molecule has 11 heavy (non-hydrogen) atoms. The van der Waals surface area contributed by atoms with Crippen LogP contribution >= 0.6 is 50.5 Å². The topological polar surface area (TPSA) is 0 Å². The second-order valence-electron chi connectivity index (χ2n) is 2.59. The van der Waals surface area contributed by atoms with Crippen LogP contribution in [0.25, 0.3) is 0 Å². The molecule has 0 N–H and O–H groups in total. The predicted molar refractivity (Wildman–Crippen MR) is 67.1 cm³/mol. The summed E-state index contributed by atoms with van der Waals surface area (Å²) in [5.41, 5.74) is 0. The maximum atomic E-state index is 4.44. The summed E-state index contributed by atoms with van der Waals surface area (Å²) in [5.74, 6) is 1.79. The molecule has 0 saturated carbocycles. The van der Waals surface area contributed by atoms with Crippen molar-refractivity contribution in [2.24, 2.45) is 0 Å². The van der Waals surface area contributed by atoms with Crippen LogP contribution in [0.3, 0.4) is 0 Å². The van der Waals surface area contributed by atoms with Gasteiger partial charge in [0.15, 0.2) is 0 Å². The van der Waals surface area contributed by atoms with Gasteiger partial charge < -0.3 is 0 Å². The molecule has 0 spiro atoms. The SMILES string of the molecule is SCCCC(S)CC(S)CS. The van der Waals surface area contributed by atoms with Gasteiger partial charge in [0.1, 0.15) is 0 Å². The summed E-state index contributed by atoms with van der Waals surface area (Å²) in [7, 11) is 0. The molecule has 0 bridgehead atoms. The molecule has 0 fully saturated rings. The molecule has 2 unspecified atom stereocenters. The van der Waals surface area contributed by atoms with Crippen molar-refractivity contribution in [2.75, 3.05) is 11.5 Å². The number of thiol groups is 4. The summed E-state index contributed by atoms with van der Waals surface area (Å²) < 4.78 is 0. The van der Waals surface area contributed by atoms with Crippen molar-refractivity contribution in [2.45, 2.75) is 29.8 Å². The quantitative estimate of drug-likeness (QED) is 0.494. The van der Waals surface area contributed by atoms with Crippen LogP contribution < -0.4 is 0 Å². The van der Waals surface area contributed by atoms with E-state index in [0.29, 0.717) is 10.5 Å². The standard InChI is InChI=1S/C7H16S4/c8-3-1-2-6(10)4-7(11)5-9/h6-11H,1-5H2. The van der Waals surface area contributed by atoms with Crippen molar-refractivity contribution in [3.05, 3.63) is 0 Å². The highest BCUT2D eigenvalue weighted by Crippen LogP contribution is 2.16. The average Bonchev–Trinajstić information content (AvgIpc) is 2.00. The molecule has 2 atom stereocenters. The molecule has 68 valence electrons. The first-order valence-electron chi connectivity index (χ1n) is 3.78. The van der Waals surface area contributed by atoms with Gasteiger partial charge in [-0.25, -0.2) is 0 Å². The fourth-order valence-corrected chi connectivity index (χ4v) is 2.02. The van der Waals surface area contributed by atoms with Gasteiger partial charge in [0.05, 0.1) is 0 Å². The van der Waals surface area contributed by atoms with E-state index >= 15 is 0 Å². The van der Waals surface area contributed by atoms with E-state index in [1.807, 2.05) is 0 Å². The summed E-state index contributed by atoms with van der Waals surface area (Å²) >= 11 is 17.1. The average molecular weight is 228 g/mol. The fraction of sp³-hybridized carbons (Fsp3) is 1.00. The minimum atomic E-state index is 0.390. The first kappa shape index (κ1) is 12.4. The molecular weight excluding hydrogens is 212 g/mol. The van der Waals surface area contributed by atoms with Crippen LogP contribution in [0.5, 0.6) is 0 Å². The van der Waals surface area contributed by atoms with E-state index in [-0.39, 0.29) is 0 Å². The molecule has 4 heteroatoms. The molecule has 0 aliphatic heterocycles. The third-order valence-corrected chi connectivity index (χ3v) is 3.36. The zero-order valence-corrected chi connectivity index (χ0v) is 10.1. The van der Waals surface area contributed by atoms with Crippen LogP contribution in [-0.2, 0) is 0 Å². The van der Waals surface area contributed by atoms with E-state index in [1.54, 1.807) is 0 Å². The highest BCUT2D eigenvalue weighted by atomic mass is 32.1. The van der Waals surface area contributed by atoms with Crippen molar-refractivity contribution >= 4 is 50.5 Å². The van der Waals surface area contributed by atoms with Gasteiger partial charge in [-0.3, -0.25) is 0 Å². The Kier molecular flexibility index (Phi) is 9.04. The van der Waals surface area contributed by atoms with Crippen LogP contribution in [-0.4, -0.2) is 22.0 Å². The zero-order valence-electron chi connectivity index (χ0n) is 6.48. The second-order valence-corrected chi connectivity index (χ2v) is 4.86. The summed E-state index contributed by atoms with van der Waals surface area (Å²) in [5, 5.41) is 0.859. The smallest absolute Gasteiger partial charge is 0.0115 e. The van der Waals surface area contributed by atoms with E-state index < -0.39 is 0 Å². The van der Waals surface area contributed by atoms with Crippen molar-refractivity contribution in [3.8, 4) is 0 Å². The lowest BCUT2D eigenvalue weighted by molar-refractivity contribution is 0.694. The lowest BCUT2D eigenvalue weighted by Crippen LogP contribution is -2.10. The molecule has 0 aromatic heterocycles. The fourth-order valence-electron chi connectivity index (χ4n) is 0.833. The van der Waals surface area contributed by atoms with Crippen molar-refractivity contribution in [1.29, 1.82) is 0 Å². The lowest BCUT2D eigenvalue weighted by Gasteiger charge is -2.13. The Morgan fingerprint density at radius 1 is 1.00 bits per heavy atom. The third kappa shape index (κ3) is 7.75. The van der Waals surface area contributed by atoms with E-state index in [0.717, 1.165) is 30.8 Å². The largest absolute Gasteiger partial charge is 0.179 e. The number of rotatable bonds is 6. The molecule has 0 aromatic rings. The summed E-state index contributed by atoms with van der Waals surface area (Å²) in [6.07, 6.45) is 3.32. The molecule has 0 aliphatic rings. The van der Waals surface area contributed by atoms with Crippen LogP contribution in [0.4, 0.5) is 0 Å². The van der Waals surface area contributed by atoms with E-state index in [9.17, 15) is 0 Å². The Labute approximate surface area is 91.5 Å². The van der Waals surface area contributed by atoms with Gasteiger partial charge in [-0.05, 0) is 25.0 Å². The number of hydrogen-bond donors (Lipinski definition) is 4. The van der Waals surface area contributed by atoms with E-state index in [2.05, 4.69) is 50.5 Å². The molecule has 0 aliphatic carbocycles. The van der Waals surface area contributed by atoms with Crippen LogP contribution in [0.2, 0.25) is 0 Å². The van der Waals surface area contributed by atoms with Crippen molar-refractivity contribution < 1.29 is 0 Å². The van der Waals surface area contributed by atoms with Gasteiger partial charge in [-0.15, -0.1) is 0 Å². The molecule has 0 aromatic carbocycles. The van der Waals surface area contributed by atoms with Crippen LogP contribution in [0, 0.1) is 0 Å². The maximum Gasteiger partial charge on any atom is 0.0115 e. The van der Waals surface area contributed by atoms with Gasteiger partial charge >= 0.3 is 0 Å². The molecule has 0 saturated heterocycles. The first-order chi connectivity index (χ1) is 5.20. The number of hydrogen-bond acceptors (Lipinski definition) is 4. The van der Waals surface area contributed by atoms with Gasteiger partial charge in [0.2, 0.25) is 0 Å². The molecular formula is C7H16S4. The molecule has 0 amide bonds. The molecule has 0 rings (SSSR count). The van der Waals surface area contributed by atoms with Crippen LogP contribution in [0.1, 0.15) is 19.3 Å². The predicted octanol–water partition coefficient (Wildman–Crippen LogP) is 2.61. The van der Waals surface area contributed by atoms with Gasteiger partial charge in [0, 0.05) is 16.3 Å². The van der Waals surface area contributed by atoms with E-state index in [4.69, 9.17) is 0 Å². The minimum Gasteiger partial charge on any atom is -0.179 e. The maximum absolute atomic E-state index is 4.44. The Hall–Kier alpha value is 1.40. The summed E-state index contributed by atoms with van der Waals surface area (Å²) in [6.45, 7) is 0. The van der Waals surface area contributed by atoms with Gasteiger partial charge in [-0.2, -0.15) is 50.5 Å². The highest BCUT2D eigenvalue weighted by Gasteiger charge is 2.07. The molecule has 0 radical (unpaired) electrons. The van der Waals surface area contributed by atoms with Crippen molar-refractivity contribution in [1.82, 2.24) is 0 Å². The normalized spacial score (nSPS) is 16.4. The minimum absolute atomic E-state index is 0.390. The Bertz CT molecular complexity index is 86.5. The molecule has 0 heterocycles.